The number of hydrogen-bond acceptors (Lipinski definition) is 8. The normalized spacial score (nSPS) is 11.0. The van der Waals surface area contributed by atoms with Crippen LogP contribution in [0.5, 0.6) is 23.0 Å². The molecule has 0 saturated heterocycles. The molecular weight excluding hydrogens is 564 g/mol. The summed E-state index contributed by atoms with van der Waals surface area (Å²) in [5, 5.41) is 3.49. The van der Waals surface area contributed by atoms with Gasteiger partial charge >= 0.3 is 0 Å². The van der Waals surface area contributed by atoms with Crippen LogP contribution in [0.25, 0.3) is 0 Å². The quantitative estimate of drug-likeness (QED) is 0.270. The van der Waals surface area contributed by atoms with Gasteiger partial charge in [0, 0.05) is 35.2 Å². The molecular formula is C27H31ClN2O7S2. The standard InChI is InChI=1S/C27H31ClN2O7S2/c1-34-20-9-11-24(35-2)23(15-20)30(39(32,33)21-10-12-25(36-3)26(16-21)37-4)17-27(31)29-13-14-38-18-19-7-5-6-8-22(19)28/h5-12,15-16H,13-14,17-18H2,1-4H3,(H,29,31). The smallest absolute Gasteiger partial charge is 0.265 e. The highest BCUT2D eigenvalue weighted by Crippen LogP contribution is 2.37. The van der Waals surface area contributed by atoms with Crippen LogP contribution in [-0.2, 0) is 20.6 Å². The molecule has 0 saturated carbocycles. The summed E-state index contributed by atoms with van der Waals surface area (Å²) < 4.78 is 50.1. The Morgan fingerprint density at radius 1 is 0.897 bits per heavy atom. The van der Waals surface area contributed by atoms with Crippen molar-refractivity contribution in [3.8, 4) is 23.0 Å². The largest absolute Gasteiger partial charge is 0.497 e. The number of thioether (sulfide) groups is 1. The summed E-state index contributed by atoms with van der Waals surface area (Å²) in [5.74, 6) is 2.07. The SMILES string of the molecule is COc1ccc(OC)c(N(CC(=O)NCCSCc2ccccc2Cl)S(=O)(=O)c2ccc(OC)c(OC)c2)c1. The van der Waals surface area contributed by atoms with Crippen molar-refractivity contribution in [2.45, 2.75) is 10.6 Å². The molecule has 0 aliphatic carbocycles. The van der Waals surface area contributed by atoms with Gasteiger partial charge in [0.15, 0.2) is 11.5 Å². The topological polar surface area (TPSA) is 103 Å². The Labute approximate surface area is 238 Å². The van der Waals surface area contributed by atoms with E-state index in [0.717, 1.165) is 9.87 Å². The summed E-state index contributed by atoms with van der Waals surface area (Å²) in [6.07, 6.45) is 0. The summed E-state index contributed by atoms with van der Waals surface area (Å²) in [6, 6.07) is 16.5. The predicted molar refractivity (Wildman–Crippen MR) is 154 cm³/mol. The van der Waals surface area contributed by atoms with Crippen molar-refractivity contribution in [3.63, 3.8) is 0 Å². The van der Waals surface area contributed by atoms with E-state index in [1.54, 1.807) is 23.9 Å². The molecule has 0 aliphatic heterocycles. The Kier molecular flexibility index (Phi) is 11.0. The number of carbonyl (C=O) groups excluding carboxylic acids is 1. The van der Waals surface area contributed by atoms with Gasteiger partial charge < -0.3 is 24.3 Å². The van der Waals surface area contributed by atoms with E-state index in [1.165, 1.54) is 52.7 Å². The number of sulfonamides is 1. The first-order chi connectivity index (χ1) is 18.7. The minimum absolute atomic E-state index is 0.0897. The molecule has 0 aliphatic rings. The highest BCUT2D eigenvalue weighted by molar-refractivity contribution is 7.98. The third kappa shape index (κ3) is 7.65. The lowest BCUT2D eigenvalue weighted by Gasteiger charge is -2.26. The molecule has 12 heteroatoms. The number of carbonyl (C=O) groups is 1. The van der Waals surface area contributed by atoms with Crippen LogP contribution in [0.1, 0.15) is 5.56 Å². The van der Waals surface area contributed by atoms with E-state index in [0.29, 0.717) is 34.6 Å². The van der Waals surface area contributed by atoms with E-state index in [9.17, 15) is 13.2 Å². The third-order valence-electron chi connectivity index (χ3n) is 5.67. The first kappa shape index (κ1) is 30.3. The second kappa shape index (κ2) is 14.2. The molecule has 1 N–H and O–H groups in total. The number of methoxy groups -OCH3 is 4. The van der Waals surface area contributed by atoms with Gasteiger partial charge in [0.2, 0.25) is 5.91 Å². The zero-order valence-corrected chi connectivity index (χ0v) is 24.5. The number of nitrogens with zero attached hydrogens (tertiary/aromatic N) is 1. The van der Waals surface area contributed by atoms with Gasteiger partial charge in [0.25, 0.3) is 10.0 Å². The van der Waals surface area contributed by atoms with Gasteiger partial charge in [-0.2, -0.15) is 11.8 Å². The molecule has 0 aromatic heterocycles. The van der Waals surface area contributed by atoms with Gasteiger partial charge in [-0.3, -0.25) is 9.10 Å². The average Bonchev–Trinajstić information content (AvgIpc) is 2.95. The van der Waals surface area contributed by atoms with Crippen molar-refractivity contribution in [3.05, 3.63) is 71.2 Å². The van der Waals surface area contributed by atoms with Gasteiger partial charge in [0.1, 0.15) is 18.0 Å². The zero-order chi connectivity index (χ0) is 28.4. The first-order valence-corrected chi connectivity index (χ1v) is 14.8. The molecule has 0 atom stereocenters. The third-order valence-corrected chi connectivity index (χ3v) is 8.80. The highest BCUT2D eigenvalue weighted by atomic mass is 35.5. The Balaban J connectivity index is 1.83. The van der Waals surface area contributed by atoms with E-state index in [1.807, 2.05) is 24.3 Å². The van der Waals surface area contributed by atoms with E-state index in [-0.39, 0.29) is 22.1 Å². The molecule has 39 heavy (non-hydrogen) atoms. The minimum atomic E-state index is -4.26. The number of hydrogen-bond donors (Lipinski definition) is 1. The van der Waals surface area contributed by atoms with Crippen LogP contribution in [0, 0.1) is 0 Å². The number of rotatable bonds is 14. The maximum atomic E-state index is 13.9. The van der Waals surface area contributed by atoms with Gasteiger partial charge in [-0.05, 0) is 35.9 Å². The van der Waals surface area contributed by atoms with Crippen LogP contribution in [0.15, 0.2) is 65.6 Å². The molecule has 0 spiro atoms. The fourth-order valence-corrected chi connectivity index (χ4v) is 6.23. The predicted octanol–water partition coefficient (Wildman–Crippen LogP) is 4.62. The molecule has 0 fully saturated rings. The van der Waals surface area contributed by atoms with Crippen LogP contribution in [0.4, 0.5) is 5.69 Å². The Morgan fingerprint density at radius 3 is 2.26 bits per heavy atom. The highest BCUT2D eigenvalue weighted by Gasteiger charge is 2.31. The number of anilines is 1. The number of benzene rings is 3. The van der Waals surface area contributed by atoms with E-state index >= 15 is 0 Å². The van der Waals surface area contributed by atoms with Gasteiger partial charge in [-0.25, -0.2) is 8.42 Å². The van der Waals surface area contributed by atoms with Crippen LogP contribution in [-0.4, -0.2) is 61.6 Å². The van der Waals surface area contributed by atoms with Crippen molar-refractivity contribution < 1.29 is 32.2 Å². The van der Waals surface area contributed by atoms with Crippen LogP contribution < -0.4 is 28.6 Å². The van der Waals surface area contributed by atoms with Crippen LogP contribution in [0.2, 0.25) is 5.02 Å². The number of ether oxygens (including phenoxy) is 4. The summed E-state index contributed by atoms with van der Waals surface area (Å²) >= 11 is 7.80. The molecule has 0 unspecified atom stereocenters. The van der Waals surface area contributed by atoms with Crippen molar-refractivity contribution in [2.24, 2.45) is 0 Å². The van der Waals surface area contributed by atoms with Gasteiger partial charge in [-0.15, -0.1) is 0 Å². The van der Waals surface area contributed by atoms with Crippen molar-refractivity contribution in [1.82, 2.24) is 5.32 Å². The van der Waals surface area contributed by atoms with Crippen molar-refractivity contribution >= 4 is 45.0 Å². The lowest BCUT2D eigenvalue weighted by atomic mass is 10.2. The second-order valence-corrected chi connectivity index (χ2v) is 11.4. The molecule has 3 rings (SSSR count). The maximum Gasteiger partial charge on any atom is 0.265 e. The Hall–Kier alpha value is -3.28. The Bertz CT molecular complexity index is 1390. The molecule has 210 valence electrons. The maximum absolute atomic E-state index is 13.9. The molecule has 3 aromatic carbocycles. The summed E-state index contributed by atoms with van der Waals surface area (Å²) in [7, 11) is 1.49. The second-order valence-electron chi connectivity index (χ2n) is 8.06. The van der Waals surface area contributed by atoms with Gasteiger partial charge in [0.05, 0.1) is 39.0 Å². The van der Waals surface area contributed by atoms with Crippen LogP contribution in [0.3, 0.4) is 0 Å². The summed E-state index contributed by atoms with van der Waals surface area (Å²) in [4.78, 5) is 12.9. The number of nitrogens with one attached hydrogen (secondary N) is 1. The zero-order valence-electron chi connectivity index (χ0n) is 22.1. The lowest BCUT2D eigenvalue weighted by Crippen LogP contribution is -2.41. The lowest BCUT2D eigenvalue weighted by molar-refractivity contribution is -0.119. The molecule has 9 nitrogen and oxygen atoms in total. The summed E-state index contributed by atoms with van der Waals surface area (Å²) in [6.45, 7) is -0.150. The fraction of sp³-hybridized carbons (Fsp3) is 0.296. The van der Waals surface area contributed by atoms with Crippen molar-refractivity contribution in [2.75, 3.05) is 51.6 Å². The molecule has 3 aromatic rings. The molecule has 0 radical (unpaired) electrons. The molecule has 0 bridgehead atoms. The van der Waals surface area contributed by atoms with E-state index in [4.69, 9.17) is 30.5 Å². The molecule has 0 heterocycles. The van der Waals surface area contributed by atoms with E-state index < -0.39 is 22.5 Å². The summed E-state index contributed by atoms with van der Waals surface area (Å²) in [5.41, 5.74) is 1.16. The van der Waals surface area contributed by atoms with Gasteiger partial charge in [-0.1, -0.05) is 29.8 Å². The minimum Gasteiger partial charge on any atom is -0.497 e. The molecule has 1 amide bonds. The average molecular weight is 595 g/mol. The van der Waals surface area contributed by atoms with Crippen molar-refractivity contribution in [1.29, 1.82) is 0 Å². The number of amides is 1. The Morgan fingerprint density at radius 2 is 1.59 bits per heavy atom. The fourth-order valence-electron chi connectivity index (χ4n) is 3.64. The monoisotopic (exact) mass is 594 g/mol. The number of halogens is 1. The van der Waals surface area contributed by atoms with E-state index in [2.05, 4.69) is 5.32 Å². The van der Waals surface area contributed by atoms with Crippen LogP contribution >= 0.6 is 23.4 Å². The first-order valence-electron chi connectivity index (χ1n) is 11.8.